The molecule has 0 spiro atoms. The van der Waals surface area contributed by atoms with Crippen molar-refractivity contribution in [2.45, 2.75) is 62.7 Å². The van der Waals surface area contributed by atoms with Crippen LogP contribution in [0.25, 0.3) is 0 Å². The van der Waals surface area contributed by atoms with E-state index in [4.69, 9.17) is 22.9 Å². The molecular weight excluding hydrogens is 458 g/mol. The summed E-state index contributed by atoms with van der Waals surface area (Å²) in [6.07, 6.45) is -0.0801. The van der Waals surface area contributed by atoms with Crippen molar-refractivity contribution in [3.63, 3.8) is 0 Å². The summed E-state index contributed by atoms with van der Waals surface area (Å²) >= 11 is 3.89. The summed E-state index contributed by atoms with van der Waals surface area (Å²) < 4.78 is 0. The third kappa shape index (κ3) is 12.6. The Labute approximate surface area is 196 Å². The third-order valence-corrected chi connectivity index (χ3v) is 4.84. The van der Waals surface area contributed by atoms with E-state index in [1.165, 1.54) is 0 Å². The van der Waals surface area contributed by atoms with Crippen LogP contribution in [0, 0.1) is 0 Å². The van der Waals surface area contributed by atoms with E-state index in [1.807, 2.05) is 0 Å². The number of aliphatic carboxylic acids is 1. The first-order chi connectivity index (χ1) is 15.4. The second kappa shape index (κ2) is 15.8. The van der Waals surface area contributed by atoms with E-state index < -0.39 is 66.1 Å². The first-order valence-electron chi connectivity index (χ1n) is 10.2. The summed E-state index contributed by atoms with van der Waals surface area (Å²) in [6, 6.07) is -5.11. The van der Waals surface area contributed by atoms with E-state index in [-0.39, 0.29) is 25.0 Å². The number of carbonyl (C=O) groups is 6. The third-order valence-electron chi connectivity index (χ3n) is 4.45. The molecule has 4 atom stereocenters. The number of thiol groups is 1. The van der Waals surface area contributed by atoms with Gasteiger partial charge in [0.25, 0.3) is 0 Å². The second-order valence-corrected chi connectivity index (χ2v) is 7.64. The van der Waals surface area contributed by atoms with E-state index in [9.17, 15) is 33.9 Å². The number of carbonyl (C=O) groups excluding carboxylic acids is 5. The SMILES string of the molecule is NCCCCC(NC(=O)C(CC(N)=O)NC(=O)C(N)CS)C(=O)NC(CCC(N)=O)C(=O)O. The number of rotatable bonds is 17. The molecule has 188 valence electrons. The predicted octanol–water partition coefficient (Wildman–Crippen LogP) is -3.95. The maximum atomic E-state index is 12.7. The van der Waals surface area contributed by atoms with Gasteiger partial charge in [-0.05, 0) is 32.2 Å². The summed E-state index contributed by atoms with van der Waals surface area (Å²) in [7, 11) is 0. The van der Waals surface area contributed by atoms with Crippen molar-refractivity contribution in [1.82, 2.24) is 16.0 Å². The van der Waals surface area contributed by atoms with Crippen LogP contribution >= 0.6 is 12.6 Å². The minimum atomic E-state index is -1.42. The van der Waals surface area contributed by atoms with Gasteiger partial charge in [-0.15, -0.1) is 0 Å². The van der Waals surface area contributed by atoms with Crippen molar-refractivity contribution in [2.75, 3.05) is 12.3 Å². The minimum Gasteiger partial charge on any atom is -0.480 e. The zero-order valence-corrected chi connectivity index (χ0v) is 19.0. The molecule has 0 aliphatic heterocycles. The van der Waals surface area contributed by atoms with Gasteiger partial charge in [0.05, 0.1) is 12.5 Å². The van der Waals surface area contributed by atoms with Crippen LogP contribution in [0.1, 0.15) is 38.5 Å². The molecule has 0 saturated heterocycles. The Morgan fingerprint density at radius 3 is 1.82 bits per heavy atom. The summed E-state index contributed by atoms with van der Waals surface area (Å²) in [5.41, 5.74) is 21.2. The van der Waals surface area contributed by atoms with Crippen LogP contribution in [0.4, 0.5) is 0 Å². The summed E-state index contributed by atoms with van der Waals surface area (Å²) in [5.74, 6) is -5.55. The average molecular weight is 492 g/mol. The lowest BCUT2D eigenvalue weighted by molar-refractivity contribution is -0.142. The number of hydrogen-bond donors (Lipinski definition) is 9. The number of carboxylic acids is 1. The molecule has 0 heterocycles. The number of nitrogens with two attached hydrogens (primary N) is 4. The van der Waals surface area contributed by atoms with Crippen LogP contribution in [-0.4, -0.2) is 77.1 Å². The van der Waals surface area contributed by atoms with Crippen LogP contribution in [0.3, 0.4) is 0 Å². The highest BCUT2D eigenvalue weighted by molar-refractivity contribution is 7.80. The first-order valence-corrected chi connectivity index (χ1v) is 10.8. The number of carboxylic acid groups (broad SMARTS) is 1. The van der Waals surface area contributed by atoms with Crippen LogP contribution in [-0.2, 0) is 28.8 Å². The second-order valence-electron chi connectivity index (χ2n) is 7.27. The Kier molecular flexibility index (Phi) is 14.4. The van der Waals surface area contributed by atoms with Gasteiger partial charge in [0.2, 0.25) is 29.5 Å². The van der Waals surface area contributed by atoms with Gasteiger partial charge >= 0.3 is 5.97 Å². The molecule has 0 fully saturated rings. The van der Waals surface area contributed by atoms with Crippen molar-refractivity contribution < 1.29 is 33.9 Å². The van der Waals surface area contributed by atoms with Gasteiger partial charge in [-0.25, -0.2) is 4.79 Å². The molecule has 33 heavy (non-hydrogen) atoms. The van der Waals surface area contributed by atoms with Crippen molar-refractivity contribution in [3.8, 4) is 0 Å². The van der Waals surface area contributed by atoms with Crippen molar-refractivity contribution in [1.29, 1.82) is 0 Å². The zero-order valence-electron chi connectivity index (χ0n) is 18.1. The number of hydrogen-bond acceptors (Lipinski definition) is 9. The molecule has 12 N–H and O–H groups in total. The molecule has 0 bridgehead atoms. The van der Waals surface area contributed by atoms with Gasteiger partial charge in [-0.1, -0.05) is 0 Å². The van der Waals surface area contributed by atoms with Crippen LogP contribution in [0.2, 0.25) is 0 Å². The standard InChI is InChI=1S/C18H33N7O7S/c19-6-2-1-3-10(16(29)24-11(18(31)32)4-5-13(21)26)23-17(30)12(7-14(22)27)25-15(28)9(20)8-33/h9-12,33H,1-8,19-20H2,(H2,21,26)(H2,22,27)(H,23,30)(H,24,29)(H,25,28)(H,31,32). The minimum absolute atomic E-state index is 0.0251. The molecule has 0 saturated carbocycles. The van der Waals surface area contributed by atoms with Crippen LogP contribution in [0.5, 0.6) is 0 Å². The Balaban J connectivity index is 5.49. The molecule has 14 nitrogen and oxygen atoms in total. The van der Waals surface area contributed by atoms with E-state index >= 15 is 0 Å². The number of primary amides is 2. The largest absolute Gasteiger partial charge is 0.480 e. The van der Waals surface area contributed by atoms with Crippen LogP contribution in [0.15, 0.2) is 0 Å². The molecule has 0 aromatic rings. The predicted molar refractivity (Wildman–Crippen MR) is 120 cm³/mol. The van der Waals surface area contributed by atoms with Gasteiger partial charge in [-0.3, -0.25) is 24.0 Å². The van der Waals surface area contributed by atoms with E-state index in [1.54, 1.807) is 0 Å². The molecule has 0 aliphatic rings. The highest BCUT2D eigenvalue weighted by atomic mass is 32.1. The maximum Gasteiger partial charge on any atom is 0.326 e. The number of unbranched alkanes of at least 4 members (excludes halogenated alkanes) is 1. The van der Waals surface area contributed by atoms with Crippen LogP contribution < -0.4 is 38.9 Å². The quantitative estimate of drug-likeness (QED) is 0.0708. The van der Waals surface area contributed by atoms with Crippen molar-refractivity contribution >= 4 is 48.1 Å². The Bertz CT molecular complexity index is 722. The fraction of sp³-hybridized carbons (Fsp3) is 0.667. The molecule has 4 unspecified atom stereocenters. The Morgan fingerprint density at radius 1 is 0.788 bits per heavy atom. The normalized spacial score (nSPS) is 14.3. The highest BCUT2D eigenvalue weighted by Gasteiger charge is 2.30. The molecule has 0 aliphatic carbocycles. The van der Waals surface area contributed by atoms with Gasteiger partial charge in [-0.2, -0.15) is 12.6 Å². The van der Waals surface area contributed by atoms with Gasteiger partial charge in [0.1, 0.15) is 18.1 Å². The lowest BCUT2D eigenvalue weighted by Crippen LogP contribution is -2.58. The zero-order chi connectivity index (χ0) is 25.6. The molecule has 0 aromatic heterocycles. The Morgan fingerprint density at radius 2 is 1.33 bits per heavy atom. The fourth-order valence-corrected chi connectivity index (χ4v) is 2.79. The Hall–Kier alpha value is -2.91. The molecular formula is C18H33N7O7S. The lowest BCUT2D eigenvalue weighted by atomic mass is 10.1. The fourth-order valence-electron chi connectivity index (χ4n) is 2.62. The average Bonchev–Trinajstić information content (AvgIpc) is 2.73. The first kappa shape index (κ1) is 30.1. The van der Waals surface area contributed by atoms with Gasteiger partial charge in [0, 0.05) is 12.2 Å². The van der Waals surface area contributed by atoms with Crippen molar-refractivity contribution in [3.05, 3.63) is 0 Å². The van der Waals surface area contributed by atoms with Crippen molar-refractivity contribution in [2.24, 2.45) is 22.9 Å². The van der Waals surface area contributed by atoms with E-state index in [0.29, 0.717) is 19.4 Å². The molecule has 5 amide bonds. The van der Waals surface area contributed by atoms with E-state index in [2.05, 4.69) is 28.6 Å². The number of nitrogens with one attached hydrogen (secondary N) is 3. The molecule has 0 aromatic carbocycles. The van der Waals surface area contributed by atoms with E-state index in [0.717, 1.165) is 0 Å². The van der Waals surface area contributed by atoms with Gasteiger partial charge in [0.15, 0.2) is 0 Å². The van der Waals surface area contributed by atoms with Gasteiger partial charge < -0.3 is 44.0 Å². The molecule has 0 radical (unpaired) electrons. The monoisotopic (exact) mass is 491 g/mol. The topological polar surface area (TPSA) is 263 Å². The summed E-state index contributed by atoms with van der Waals surface area (Å²) in [4.78, 5) is 71.2. The summed E-state index contributed by atoms with van der Waals surface area (Å²) in [6.45, 7) is 0.320. The lowest BCUT2D eigenvalue weighted by Gasteiger charge is -2.24. The highest BCUT2D eigenvalue weighted by Crippen LogP contribution is 2.06. The molecule has 0 rings (SSSR count). The smallest absolute Gasteiger partial charge is 0.326 e. The number of amides is 5. The molecule has 15 heteroatoms. The maximum absolute atomic E-state index is 12.7. The summed E-state index contributed by atoms with van der Waals surface area (Å²) in [5, 5.41) is 16.2.